The first-order chi connectivity index (χ1) is 9.26. The lowest BCUT2D eigenvalue weighted by atomic mass is 10.2. The highest BCUT2D eigenvalue weighted by molar-refractivity contribution is 5.77. The lowest BCUT2D eigenvalue weighted by molar-refractivity contribution is 0.397. The van der Waals surface area contributed by atoms with Crippen molar-refractivity contribution in [1.82, 2.24) is 10.3 Å². The number of aliphatic imine (C=N–C) groups is 1. The summed E-state index contributed by atoms with van der Waals surface area (Å²) in [6.07, 6.45) is 6.63. The molecule has 0 aromatic carbocycles. The molecule has 1 aromatic heterocycles. The summed E-state index contributed by atoms with van der Waals surface area (Å²) in [5.41, 5.74) is 6.80. The standard InChI is InChI=1S/C14H24N4O/c1-3-4-5-6-9-16-14(15)18-11-12-7-8-13(19-2)17-10-12/h7-8,10H,3-6,9,11H2,1-2H3,(H3,15,16,18). The van der Waals surface area contributed by atoms with Gasteiger partial charge in [-0.1, -0.05) is 32.3 Å². The van der Waals surface area contributed by atoms with Gasteiger partial charge in [0, 0.05) is 18.8 Å². The summed E-state index contributed by atoms with van der Waals surface area (Å²) in [6.45, 7) is 3.62. The number of unbranched alkanes of at least 4 members (excludes halogenated alkanes) is 3. The van der Waals surface area contributed by atoms with Gasteiger partial charge < -0.3 is 15.8 Å². The highest BCUT2D eigenvalue weighted by Gasteiger charge is 1.96. The summed E-state index contributed by atoms with van der Waals surface area (Å²) in [6, 6.07) is 3.75. The van der Waals surface area contributed by atoms with Crippen molar-refractivity contribution < 1.29 is 4.74 Å². The quantitative estimate of drug-likeness (QED) is 0.428. The fourth-order valence-electron chi connectivity index (χ4n) is 1.63. The topological polar surface area (TPSA) is 72.5 Å². The van der Waals surface area contributed by atoms with Crippen LogP contribution in [0.25, 0.3) is 0 Å². The molecule has 5 nitrogen and oxygen atoms in total. The Kier molecular flexibility index (Phi) is 7.39. The van der Waals surface area contributed by atoms with Crippen molar-refractivity contribution in [3.63, 3.8) is 0 Å². The van der Waals surface area contributed by atoms with E-state index in [-0.39, 0.29) is 0 Å². The summed E-state index contributed by atoms with van der Waals surface area (Å²) >= 11 is 0. The van der Waals surface area contributed by atoms with E-state index in [1.807, 2.05) is 12.1 Å². The van der Waals surface area contributed by atoms with Gasteiger partial charge in [0.2, 0.25) is 5.88 Å². The Bertz CT molecular complexity index is 376. The van der Waals surface area contributed by atoms with Gasteiger partial charge in [-0.05, 0) is 12.0 Å². The van der Waals surface area contributed by atoms with Gasteiger partial charge in [-0.15, -0.1) is 0 Å². The molecule has 1 aromatic rings. The van der Waals surface area contributed by atoms with E-state index in [0.29, 0.717) is 18.4 Å². The molecule has 0 aliphatic heterocycles. The van der Waals surface area contributed by atoms with Crippen LogP contribution in [0, 0.1) is 0 Å². The Morgan fingerprint density at radius 1 is 1.37 bits per heavy atom. The second-order valence-electron chi connectivity index (χ2n) is 4.40. The molecule has 106 valence electrons. The molecular weight excluding hydrogens is 240 g/mol. The summed E-state index contributed by atoms with van der Waals surface area (Å²) in [5.74, 6) is 1.10. The molecule has 1 heterocycles. The number of methoxy groups -OCH3 is 1. The highest BCUT2D eigenvalue weighted by atomic mass is 16.5. The van der Waals surface area contributed by atoms with Gasteiger partial charge >= 0.3 is 0 Å². The minimum Gasteiger partial charge on any atom is -0.481 e. The molecule has 0 saturated heterocycles. The van der Waals surface area contributed by atoms with Crippen molar-refractivity contribution in [2.24, 2.45) is 10.7 Å². The Labute approximate surface area is 115 Å². The highest BCUT2D eigenvalue weighted by Crippen LogP contribution is 2.07. The van der Waals surface area contributed by atoms with Crippen LogP contribution in [0.15, 0.2) is 23.3 Å². The van der Waals surface area contributed by atoms with E-state index >= 15 is 0 Å². The minimum atomic E-state index is 0.493. The predicted molar refractivity (Wildman–Crippen MR) is 78.3 cm³/mol. The second-order valence-corrected chi connectivity index (χ2v) is 4.40. The van der Waals surface area contributed by atoms with Crippen molar-refractivity contribution in [3.05, 3.63) is 23.9 Å². The number of hydrogen-bond donors (Lipinski definition) is 2. The van der Waals surface area contributed by atoms with Crippen LogP contribution < -0.4 is 15.8 Å². The van der Waals surface area contributed by atoms with Crippen molar-refractivity contribution in [2.45, 2.75) is 39.2 Å². The number of nitrogens with one attached hydrogen (secondary N) is 1. The van der Waals surface area contributed by atoms with Crippen LogP contribution in [-0.2, 0) is 6.54 Å². The molecule has 0 aliphatic rings. The van der Waals surface area contributed by atoms with Crippen LogP contribution in [0.2, 0.25) is 0 Å². The van der Waals surface area contributed by atoms with Gasteiger partial charge in [0.1, 0.15) is 0 Å². The lowest BCUT2D eigenvalue weighted by Gasteiger charge is -2.05. The molecule has 0 aliphatic carbocycles. The minimum absolute atomic E-state index is 0.493. The number of nitrogens with zero attached hydrogens (tertiary/aromatic N) is 2. The third kappa shape index (κ3) is 6.64. The van der Waals surface area contributed by atoms with E-state index in [0.717, 1.165) is 18.5 Å². The Balaban J connectivity index is 2.26. The average molecular weight is 264 g/mol. The van der Waals surface area contributed by atoms with Crippen LogP contribution >= 0.6 is 0 Å². The number of guanidine groups is 1. The zero-order chi connectivity index (χ0) is 13.9. The van der Waals surface area contributed by atoms with E-state index in [2.05, 4.69) is 22.2 Å². The fourth-order valence-corrected chi connectivity index (χ4v) is 1.63. The van der Waals surface area contributed by atoms with E-state index < -0.39 is 0 Å². The molecule has 0 amide bonds. The van der Waals surface area contributed by atoms with Gasteiger partial charge in [-0.25, -0.2) is 9.98 Å². The number of pyridine rings is 1. The Hall–Kier alpha value is -1.78. The normalized spacial score (nSPS) is 11.4. The van der Waals surface area contributed by atoms with Crippen LogP contribution in [-0.4, -0.2) is 24.6 Å². The molecule has 19 heavy (non-hydrogen) atoms. The molecule has 0 atom stereocenters. The van der Waals surface area contributed by atoms with Gasteiger partial charge in [0.15, 0.2) is 5.96 Å². The Morgan fingerprint density at radius 2 is 2.21 bits per heavy atom. The average Bonchev–Trinajstić information content (AvgIpc) is 2.45. The number of aromatic nitrogens is 1. The SMILES string of the molecule is CCCCCCNC(N)=NCc1ccc(OC)nc1. The number of rotatable bonds is 8. The van der Waals surface area contributed by atoms with E-state index in [1.165, 1.54) is 19.3 Å². The fraction of sp³-hybridized carbons (Fsp3) is 0.571. The molecule has 0 fully saturated rings. The molecule has 1 rings (SSSR count). The molecular formula is C14H24N4O. The largest absolute Gasteiger partial charge is 0.481 e. The molecule has 0 spiro atoms. The molecule has 0 unspecified atom stereocenters. The molecule has 0 saturated carbocycles. The zero-order valence-corrected chi connectivity index (χ0v) is 11.9. The van der Waals surface area contributed by atoms with Crippen molar-refractivity contribution in [2.75, 3.05) is 13.7 Å². The Morgan fingerprint density at radius 3 is 2.84 bits per heavy atom. The molecule has 5 heteroatoms. The van der Waals surface area contributed by atoms with Gasteiger partial charge in [-0.2, -0.15) is 0 Å². The van der Waals surface area contributed by atoms with E-state index in [4.69, 9.17) is 10.5 Å². The third-order valence-corrected chi connectivity index (χ3v) is 2.78. The molecule has 0 radical (unpaired) electrons. The van der Waals surface area contributed by atoms with Crippen molar-refractivity contribution >= 4 is 5.96 Å². The monoisotopic (exact) mass is 264 g/mol. The maximum atomic E-state index is 5.79. The van der Waals surface area contributed by atoms with Gasteiger partial charge in [0.05, 0.1) is 13.7 Å². The van der Waals surface area contributed by atoms with Crippen molar-refractivity contribution in [1.29, 1.82) is 0 Å². The number of hydrogen-bond acceptors (Lipinski definition) is 3. The second kappa shape index (κ2) is 9.19. The maximum absolute atomic E-state index is 5.79. The number of nitrogens with two attached hydrogens (primary N) is 1. The van der Waals surface area contributed by atoms with Crippen LogP contribution in [0.5, 0.6) is 5.88 Å². The molecule has 0 bridgehead atoms. The van der Waals surface area contributed by atoms with Gasteiger partial charge in [0.25, 0.3) is 0 Å². The van der Waals surface area contributed by atoms with Crippen LogP contribution in [0.1, 0.15) is 38.2 Å². The van der Waals surface area contributed by atoms with Crippen molar-refractivity contribution in [3.8, 4) is 5.88 Å². The summed E-state index contributed by atoms with van der Waals surface area (Å²) < 4.78 is 5.00. The maximum Gasteiger partial charge on any atom is 0.212 e. The first kappa shape index (κ1) is 15.3. The predicted octanol–water partition coefficient (Wildman–Crippen LogP) is 2.07. The van der Waals surface area contributed by atoms with E-state index in [9.17, 15) is 0 Å². The first-order valence-corrected chi connectivity index (χ1v) is 6.79. The first-order valence-electron chi connectivity index (χ1n) is 6.79. The summed E-state index contributed by atoms with van der Waals surface area (Å²) in [7, 11) is 1.60. The lowest BCUT2D eigenvalue weighted by Crippen LogP contribution is -2.32. The van der Waals surface area contributed by atoms with Crippen LogP contribution in [0.3, 0.4) is 0 Å². The smallest absolute Gasteiger partial charge is 0.212 e. The van der Waals surface area contributed by atoms with E-state index in [1.54, 1.807) is 13.3 Å². The summed E-state index contributed by atoms with van der Waals surface area (Å²) in [5, 5.41) is 3.12. The van der Waals surface area contributed by atoms with Crippen LogP contribution in [0.4, 0.5) is 0 Å². The third-order valence-electron chi connectivity index (χ3n) is 2.78. The molecule has 3 N–H and O–H groups in total. The number of ether oxygens (including phenoxy) is 1. The summed E-state index contributed by atoms with van der Waals surface area (Å²) in [4.78, 5) is 8.39. The zero-order valence-electron chi connectivity index (χ0n) is 11.9. The van der Waals surface area contributed by atoms with Gasteiger partial charge in [-0.3, -0.25) is 0 Å².